The van der Waals surface area contributed by atoms with E-state index >= 15 is 0 Å². The van der Waals surface area contributed by atoms with Crippen molar-refractivity contribution in [1.29, 1.82) is 0 Å². The zero-order chi connectivity index (χ0) is 45.7. The Morgan fingerprint density at radius 2 is 1.20 bits per heavy atom. The summed E-state index contributed by atoms with van der Waals surface area (Å²) in [5.74, 6) is -5.42. The van der Waals surface area contributed by atoms with Gasteiger partial charge in [0.2, 0.25) is 23.6 Å². The maximum atomic E-state index is 14.4. The van der Waals surface area contributed by atoms with E-state index in [0.717, 1.165) is 19.3 Å². The summed E-state index contributed by atoms with van der Waals surface area (Å²) in [7, 11) is 0. The topological polar surface area (TPSA) is 188 Å². The summed E-state index contributed by atoms with van der Waals surface area (Å²) in [4.78, 5) is 96.7. The second kappa shape index (κ2) is 23.1. The molecule has 2 aliphatic carbocycles. The van der Waals surface area contributed by atoms with Crippen molar-refractivity contribution in [2.24, 2.45) is 45.3 Å². The zero-order valence-corrected chi connectivity index (χ0v) is 39.6. The van der Waals surface area contributed by atoms with Crippen molar-refractivity contribution in [3.8, 4) is 0 Å². The molecule has 6 atom stereocenters. The van der Waals surface area contributed by atoms with Crippen LogP contribution in [-0.4, -0.2) is 70.4 Å². The molecule has 2 fully saturated rings. The van der Waals surface area contributed by atoms with Gasteiger partial charge in [0.25, 0.3) is 0 Å². The normalized spacial score (nSPS) is 19.1. The number of nitrogens with one attached hydrogen (secondary N) is 4. The van der Waals surface area contributed by atoms with Crippen molar-refractivity contribution in [2.75, 3.05) is 0 Å². The molecule has 0 aromatic carbocycles. The van der Waals surface area contributed by atoms with Gasteiger partial charge in [0.15, 0.2) is 5.78 Å². The lowest BCUT2D eigenvalue weighted by molar-refractivity contribution is -0.155. The van der Waals surface area contributed by atoms with Gasteiger partial charge in [-0.1, -0.05) is 149 Å². The lowest BCUT2D eigenvalue weighted by Gasteiger charge is -2.38. The van der Waals surface area contributed by atoms with Gasteiger partial charge in [0.05, 0.1) is 17.4 Å². The molecule has 0 aromatic heterocycles. The molecule has 0 unspecified atom stereocenters. The molecule has 5 N–H and O–H groups in total. The third-order valence-corrected chi connectivity index (χ3v) is 12.5. The van der Waals surface area contributed by atoms with E-state index in [-0.39, 0.29) is 54.2 Å². The van der Waals surface area contributed by atoms with E-state index in [9.17, 15) is 38.7 Å². The van der Waals surface area contributed by atoms with Crippen LogP contribution >= 0.6 is 0 Å². The highest BCUT2D eigenvalue weighted by Gasteiger charge is 2.53. The lowest BCUT2D eigenvalue weighted by atomic mass is 9.76. The number of aliphatic carboxylic acids is 1. The van der Waals surface area contributed by atoms with Crippen LogP contribution in [0.2, 0.25) is 0 Å². The summed E-state index contributed by atoms with van der Waals surface area (Å²) in [6.45, 7) is 27.9. The standard InChI is InChI=1S/C45H78N4O8.C2H6/c1-14-32(42(5,6)7)46-40(55)36(45(41(56)57)22-18-19-23-45)49-38(53)30(26-33(51)43(8,9)10)25-31(50)35(44(11,12)13)48-39(54)34(27(2)3)47-37(52)28(4)24-29-20-16-15-17-21-29;1-2/h27-30,32,34-36H,14-26H2,1-13H3,(H,46,55)(H,47,52)(H,48,54)(H,49,53)(H,56,57);1-2H3/t28-,30+,32-,34+,35-,36-;/m1./s1. The molecule has 2 saturated carbocycles. The van der Waals surface area contributed by atoms with E-state index in [0.29, 0.717) is 25.2 Å². The Hall–Kier alpha value is -3.31. The van der Waals surface area contributed by atoms with Crippen LogP contribution in [0.25, 0.3) is 0 Å². The summed E-state index contributed by atoms with van der Waals surface area (Å²) >= 11 is 0. The van der Waals surface area contributed by atoms with E-state index in [1.165, 1.54) is 19.3 Å². The van der Waals surface area contributed by atoms with Crippen LogP contribution in [0.5, 0.6) is 0 Å². The highest BCUT2D eigenvalue weighted by molar-refractivity contribution is 5.99. The van der Waals surface area contributed by atoms with Crippen LogP contribution in [0.3, 0.4) is 0 Å². The van der Waals surface area contributed by atoms with E-state index in [1.807, 2.05) is 62.3 Å². The lowest BCUT2D eigenvalue weighted by Crippen LogP contribution is -2.61. The Kier molecular flexibility index (Phi) is 21.0. The number of ketones is 2. The quantitative estimate of drug-likeness (QED) is 0.0868. The fourth-order valence-corrected chi connectivity index (χ4v) is 8.55. The van der Waals surface area contributed by atoms with Crippen molar-refractivity contribution in [2.45, 2.75) is 211 Å². The van der Waals surface area contributed by atoms with E-state index in [4.69, 9.17) is 0 Å². The van der Waals surface area contributed by atoms with E-state index < -0.39 is 76.2 Å². The van der Waals surface area contributed by atoms with Crippen LogP contribution in [0, 0.1) is 45.3 Å². The number of Topliss-reactive ketones (excluding diaryl/α,β-unsaturated/α-hetero) is 2. The molecule has 12 nitrogen and oxygen atoms in total. The van der Waals surface area contributed by atoms with Gasteiger partial charge >= 0.3 is 5.97 Å². The van der Waals surface area contributed by atoms with Crippen LogP contribution in [0.4, 0.5) is 0 Å². The largest absolute Gasteiger partial charge is 0.481 e. The number of hydrogen-bond donors (Lipinski definition) is 5. The van der Waals surface area contributed by atoms with Gasteiger partial charge in [-0.15, -0.1) is 0 Å². The first-order valence-electron chi connectivity index (χ1n) is 22.7. The highest BCUT2D eigenvalue weighted by Crippen LogP contribution is 2.42. The van der Waals surface area contributed by atoms with Gasteiger partial charge < -0.3 is 26.4 Å². The molecule has 12 heteroatoms. The summed E-state index contributed by atoms with van der Waals surface area (Å²) in [5.41, 5.74) is -3.61. The van der Waals surface area contributed by atoms with Crippen LogP contribution in [0.1, 0.15) is 187 Å². The molecule has 59 heavy (non-hydrogen) atoms. The summed E-state index contributed by atoms with van der Waals surface area (Å²) in [6.07, 6.45) is 7.82. The van der Waals surface area contributed by atoms with Gasteiger partial charge in [-0.3, -0.25) is 33.6 Å². The highest BCUT2D eigenvalue weighted by atomic mass is 16.4. The van der Waals surface area contributed by atoms with Crippen molar-refractivity contribution < 1.29 is 38.7 Å². The molecule has 0 spiro atoms. The van der Waals surface area contributed by atoms with E-state index in [2.05, 4.69) is 21.3 Å². The van der Waals surface area contributed by atoms with Crippen molar-refractivity contribution in [3.63, 3.8) is 0 Å². The van der Waals surface area contributed by atoms with Crippen molar-refractivity contribution >= 4 is 41.2 Å². The third kappa shape index (κ3) is 15.9. The molecule has 0 bridgehead atoms. The molecule has 0 aromatic rings. The Labute approximate surface area is 357 Å². The Bertz CT molecular complexity index is 1420. The van der Waals surface area contributed by atoms with Gasteiger partial charge in [0, 0.05) is 30.2 Å². The maximum absolute atomic E-state index is 14.4. The number of hydrogen-bond acceptors (Lipinski definition) is 7. The van der Waals surface area contributed by atoms with Crippen molar-refractivity contribution in [1.82, 2.24) is 21.3 Å². The molecule has 0 radical (unpaired) electrons. The fraction of sp³-hybridized carbons (Fsp3) is 0.851. The average Bonchev–Trinajstić information content (AvgIpc) is 3.64. The first-order chi connectivity index (χ1) is 27.1. The monoisotopic (exact) mass is 833 g/mol. The number of carboxylic acid groups (broad SMARTS) is 1. The Balaban J connectivity index is 0.00000856. The number of rotatable bonds is 19. The molecule has 0 heterocycles. The minimum Gasteiger partial charge on any atom is -0.481 e. The molecule has 0 aliphatic heterocycles. The fourth-order valence-electron chi connectivity index (χ4n) is 8.55. The number of carboxylic acids is 1. The average molecular weight is 833 g/mol. The van der Waals surface area contributed by atoms with E-state index in [1.54, 1.807) is 41.5 Å². The van der Waals surface area contributed by atoms with Crippen molar-refractivity contribution in [3.05, 3.63) is 0 Å². The van der Waals surface area contributed by atoms with Crippen LogP contribution in [-0.2, 0) is 33.6 Å². The molecule has 2 aliphatic rings. The summed E-state index contributed by atoms with van der Waals surface area (Å²) in [5, 5.41) is 22.2. The summed E-state index contributed by atoms with van der Waals surface area (Å²) in [6, 6.07) is -3.77. The minimum atomic E-state index is -1.56. The van der Waals surface area contributed by atoms with Crippen LogP contribution in [0.15, 0.2) is 0 Å². The summed E-state index contributed by atoms with van der Waals surface area (Å²) < 4.78 is 0. The first-order valence-corrected chi connectivity index (χ1v) is 22.7. The smallest absolute Gasteiger partial charge is 0.312 e. The maximum Gasteiger partial charge on any atom is 0.312 e. The number of carbonyl (C=O) groups is 7. The minimum absolute atomic E-state index is 0.183. The van der Waals surface area contributed by atoms with Gasteiger partial charge in [-0.05, 0) is 48.3 Å². The second-order valence-corrected chi connectivity index (χ2v) is 20.9. The van der Waals surface area contributed by atoms with Gasteiger partial charge in [0.1, 0.15) is 17.9 Å². The molecule has 4 amide bonds. The third-order valence-electron chi connectivity index (χ3n) is 12.5. The zero-order valence-electron chi connectivity index (χ0n) is 39.6. The predicted molar refractivity (Wildman–Crippen MR) is 234 cm³/mol. The Morgan fingerprint density at radius 3 is 1.64 bits per heavy atom. The molecule has 0 saturated heterocycles. The van der Waals surface area contributed by atoms with Crippen LogP contribution < -0.4 is 21.3 Å². The Morgan fingerprint density at radius 1 is 0.661 bits per heavy atom. The number of amides is 4. The van der Waals surface area contributed by atoms with Gasteiger partial charge in [-0.2, -0.15) is 0 Å². The number of carbonyl (C=O) groups excluding carboxylic acids is 6. The predicted octanol–water partition coefficient (Wildman–Crippen LogP) is 7.94. The first kappa shape index (κ1) is 53.7. The molecule has 2 rings (SSSR count). The SMILES string of the molecule is CC.CC[C@@H](NC(=O)[C@@H](NC(=O)[C@@H](CC(=O)[C@@H](NC(=O)[C@@H](NC(=O)[C@H](C)CC1CCCCC1)C(C)C)C(C)(C)C)CC(=O)C(C)(C)C)C1(C(=O)O)CCCC1)C(C)(C)C. The van der Waals surface area contributed by atoms with Gasteiger partial charge in [-0.25, -0.2) is 0 Å². The molecular formula is C47H84N4O8. The molecule has 340 valence electrons. The molecular weight excluding hydrogens is 749 g/mol. The second-order valence-electron chi connectivity index (χ2n) is 20.9.